The number of hydrogen-bond donors (Lipinski definition) is 3. The second-order valence-corrected chi connectivity index (χ2v) is 5.57. The van der Waals surface area contributed by atoms with Crippen molar-refractivity contribution in [2.45, 2.75) is 47.6 Å². The molecular weight excluding hydrogens is 355 g/mol. The van der Waals surface area contributed by atoms with Crippen molar-refractivity contribution < 1.29 is 4.79 Å². The minimum absolute atomic E-state index is 0. The molecule has 0 saturated carbocycles. The van der Waals surface area contributed by atoms with E-state index in [1.54, 1.807) is 0 Å². The van der Waals surface area contributed by atoms with E-state index in [9.17, 15) is 4.79 Å². The van der Waals surface area contributed by atoms with Gasteiger partial charge in [0, 0.05) is 24.5 Å². The van der Waals surface area contributed by atoms with Crippen LogP contribution in [0.15, 0.2) is 4.99 Å². The quantitative estimate of drug-likeness (QED) is 0.293. The first-order valence-electron chi connectivity index (χ1n) is 6.60. The fraction of sp³-hybridized carbons (Fsp3) is 0.846. The summed E-state index contributed by atoms with van der Waals surface area (Å²) in [5, 5.41) is 9.26. The van der Waals surface area contributed by atoms with Gasteiger partial charge in [-0.3, -0.25) is 9.79 Å². The maximum Gasteiger partial charge on any atom is 0.225 e. The Morgan fingerprint density at radius 3 is 2.21 bits per heavy atom. The van der Waals surface area contributed by atoms with Crippen LogP contribution in [0.25, 0.3) is 0 Å². The van der Waals surface area contributed by atoms with Crippen LogP contribution in [0.2, 0.25) is 0 Å². The lowest BCUT2D eigenvalue weighted by atomic mass is 9.96. The topological polar surface area (TPSA) is 65.5 Å². The van der Waals surface area contributed by atoms with Crippen LogP contribution in [0.4, 0.5) is 0 Å². The van der Waals surface area contributed by atoms with Crippen LogP contribution < -0.4 is 16.0 Å². The lowest BCUT2D eigenvalue weighted by Gasteiger charge is -2.17. The van der Waals surface area contributed by atoms with E-state index in [2.05, 4.69) is 34.8 Å². The maximum absolute atomic E-state index is 11.6. The fourth-order valence-corrected chi connectivity index (χ4v) is 1.20. The summed E-state index contributed by atoms with van der Waals surface area (Å²) >= 11 is 0. The summed E-state index contributed by atoms with van der Waals surface area (Å²) in [6.07, 6.45) is 0. The van der Waals surface area contributed by atoms with Crippen molar-refractivity contribution in [1.82, 2.24) is 16.0 Å². The van der Waals surface area contributed by atoms with E-state index >= 15 is 0 Å². The van der Waals surface area contributed by atoms with Crippen LogP contribution in [0.3, 0.4) is 0 Å². The van der Waals surface area contributed by atoms with Crippen LogP contribution in [0.1, 0.15) is 41.5 Å². The third kappa shape index (κ3) is 11.0. The summed E-state index contributed by atoms with van der Waals surface area (Å²) in [7, 11) is 0. The number of amides is 1. The SMILES string of the molecule is CCNC(=NCCNC(=O)C(C)(C)C)NC(C)C.I. The highest BCUT2D eigenvalue weighted by Crippen LogP contribution is 2.11. The fourth-order valence-electron chi connectivity index (χ4n) is 1.20. The highest BCUT2D eigenvalue weighted by molar-refractivity contribution is 14.0. The molecule has 3 N–H and O–H groups in total. The second-order valence-electron chi connectivity index (χ2n) is 5.57. The highest BCUT2D eigenvalue weighted by Gasteiger charge is 2.20. The van der Waals surface area contributed by atoms with Gasteiger partial charge in [-0.2, -0.15) is 0 Å². The van der Waals surface area contributed by atoms with Crippen molar-refractivity contribution in [3.05, 3.63) is 0 Å². The number of carbonyl (C=O) groups excluding carboxylic acids is 1. The van der Waals surface area contributed by atoms with Gasteiger partial charge in [0.25, 0.3) is 0 Å². The van der Waals surface area contributed by atoms with Crippen molar-refractivity contribution in [3.8, 4) is 0 Å². The van der Waals surface area contributed by atoms with Gasteiger partial charge in [-0.15, -0.1) is 24.0 Å². The van der Waals surface area contributed by atoms with Crippen molar-refractivity contribution >= 4 is 35.8 Å². The molecule has 114 valence electrons. The first-order valence-corrected chi connectivity index (χ1v) is 6.60. The molecule has 0 aliphatic rings. The smallest absolute Gasteiger partial charge is 0.225 e. The zero-order valence-corrected chi connectivity index (χ0v) is 15.3. The molecule has 5 nitrogen and oxygen atoms in total. The van der Waals surface area contributed by atoms with Crippen molar-refractivity contribution in [1.29, 1.82) is 0 Å². The molecule has 1 amide bonds. The zero-order valence-electron chi connectivity index (χ0n) is 13.0. The molecule has 0 spiro atoms. The first kappa shape index (κ1) is 20.8. The molecule has 0 aromatic heterocycles. The van der Waals surface area contributed by atoms with Gasteiger partial charge < -0.3 is 16.0 Å². The number of halogens is 1. The Labute approximate surface area is 134 Å². The third-order valence-corrected chi connectivity index (χ3v) is 2.12. The standard InChI is InChI=1S/C13H28N4O.HI/c1-7-14-12(17-10(2)3)16-9-8-15-11(18)13(4,5)6;/h10H,7-9H2,1-6H3,(H,15,18)(H2,14,16,17);1H. The predicted molar refractivity (Wildman–Crippen MR) is 92.1 cm³/mol. The van der Waals surface area contributed by atoms with Crippen molar-refractivity contribution in [2.24, 2.45) is 10.4 Å². The van der Waals surface area contributed by atoms with Gasteiger partial charge in [-0.1, -0.05) is 20.8 Å². The number of nitrogens with one attached hydrogen (secondary N) is 3. The Hall–Kier alpha value is -0.530. The molecule has 19 heavy (non-hydrogen) atoms. The first-order chi connectivity index (χ1) is 8.27. The van der Waals surface area contributed by atoms with Gasteiger partial charge >= 0.3 is 0 Å². The number of nitrogens with zero attached hydrogens (tertiary/aromatic N) is 1. The lowest BCUT2D eigenvalue weighted by molar-refractivity contribution is -0.128. The molecule has 0 rings (SSSR count). The Bertz CT molecular complexity index is 285. The summed E-state index contributed by atoms with van der Waals surface area (Å²) in [5.74, 6) is 0.844. The Kier molecular flexibility index (Phi) is 11.2. The molecule has 0 fully saturated rings. The van der Waals surface area contributed by atoms with E-state index in [1.807, 2.05) is 27.7 Å². The van der Waals surface area contributed by atoms with Crippen molar-refractivity contribution in [3.63, 3.8) is 0 Å². The molecule has 0 aromatic rings. The van der Waals surface area contributed by atoms with E-state index in [4.69, 9.17) is 0 Å². The number of hydrogen-bond acceptors (Lipinski definition) is 2. The molecule has 0 heterocycles. The van der Waals surface area contributed by atoms with E-state index in [-0.39, 0.29) is 35.3 Å². The Morgan fingerprint density at radius 2 is 1.79 bits per heavy atom. The van der Waals surface area contributed by atoms with E-state index < -0.39 is 0 Å². The number of carbonyl (C=O) groups is 1. The molecule has 0 unspecified atom stereocenters. The van der Waals surface area contributed by atoms with Crippen LogP contribution in [0.5, 0.6) is 0 Å². The van der Waals surface area contributed by atoms with Crippen LogP contribution >= 0.6 is 24.0 Å². The van der Waals surface area contributed by atoms with E-state index in [0.29, 0.717) is 19.1 Å². The molecule has 0 saturated heterocycles. The molecule has 0 aliphatic carbocycles. The van der Waals surface area contributed by atoms with Gasteiger partial charge in [-0.05, 0) is 20.8 Å². The predicted octanol–water partition coefficient (Wildman–Crippen LogP) is 1.73. The summed E-state index contributed by atoms with van der Waals surface area (Å²) in [4.78, 5) is 16.0. The lowest BCUT2D eigenvalue weighted by Crippen LogP contribution is -2.42. The third-order valence-electron chi connectivity index (χ3n) is 2.12. The minimum Gasteiger partial charge on any atom is -0.357 e. The van der Waals surface area contributed by atoms with Crippen molar-refractivity contribution in [2.75, 3.05) is 19.6 Å². The Morgan fingerprint density at radius 1 is 1.21 bits per heavy atom. The maximum atomic E-state index is 11.6. The molecule has 0 atom stereocenters. The average molecular weight is 384 g/mol. The van der Waals surface area contributed by atoms with Gasteiger partial charge in [0.05, 0.1) is 6.54 Å². The van der Waals surface area contributed by atoms with E-state index in [0.717, 1.165) is 12.5 Å². The summed E-state index contributed by atoms with van der Waals surface area (Å²) in [6.45, 7) is 13.8. The van der Waals surface area contributed by atoms with Crippen LogP contribution in [-0.4, -0.2) is 37.5 Å². The molecule has 6 heteroatoms. The molecule has 0 radical (unpaired) electrons. The minimum atomic E-state index is -0.343. The molecule has 0 aromatic carbocycles. The highest BCUT2D eigenvalue weighted by atomic mass is 127. The van der Waals surface area contributed by atoms with Crippen LogP contribution in [0, 0.1) is 5.41 Å². The van der Waals surface area contributed by atoms with Gasteiger partial charge in [0.1, 0.15) is 0 Å². The van der Waals surface area contributed by atoms with Gasteiger partial charge in [-0.25, -0.2) is 0 Å². The number of guanidine groups is 1. The molecule has 0 aliphatic heterocycles. The number of rotatable bonds is 5. The van der Waals surface area contributed by atoms with Gasteiger partial charge in [0.15, 0.2) is 5.96 Å². The Balaban J connectivity index is 0. The largest absolute Gasteiger partial charge is 0.357 e. The second kappa shape index (κ2) is 10.3. The summed E-state index contributed by atoms with van der Waals surface area (Å²) in [5.41, 5.74) is -0.343. The normalized spacial score (nSPS) is 11.8. The zero-order chi connectivity index (χ0) is 14.2. The molecular formula is C13H29IN4O. The van der Waals surface area contributed by atoms with Crippen LogP contribution in [-0.2, 0) is 4.79 Å². The summed E-state index contributed by atoms with van der Waals surface area (Å²) < 4.78 is 0. The monoisotopic (exact) mass is 384 g/mol. The average Bonchev–Trinajstić information content (AvgIpc) is 2.21. The van der Waals surface area contributed by atoms with Gasteiger partial charge in [0.2, 0.25) is 5.91 Å². The number of aliphatic imine (C=N–C) groups is 1. The molecule has 0 bridgehead atoms. The summed E-state index contributed by atoms with van der Waals surface area (Å²) in [6, 6.07) is 0.340. The van der Waals surface area contributed by atoms with E-state index in [1.165, 1.54) is 0 Å².